The van der Waals surface area contributed by atoms with Crippen LogP contribution in [0, 0.1) is 18.8 Å². The minimum Gasteiger partial charge on any atom is -0.495 e. The van der Waals surface area contributed by atoms with E-state index in [4.69, 9.17) is 4.74 Å². The fraction of sp³-hybridized carbons (Fsp3) is 0.400. The smallest absolute Gasteiger partial charge is 0.321 e. The van der Waals surface area contributed by atoms with Gasteiger partial charge in [-0.05, 0) is 49.6 Å². The van der Waals surface area contributed by atoms with E-state index in [1.165, 1.54) is 0 Å². The molecular weight excluding hydrogens is 420 g/mol. The highest BCUT2D eigenvalue weighted by atomic mass is 16.5. The van der Waals surface area contributed by atoms with Crippen LogP contribution in [-0.4, -0.2) is 42.9 Å². The maximum absolute atomic E-state index is 12.8. The van der Waals surface area contributed by atoms with Crippen LogP contribution in [0.3, 0.4) is 0 Å². The molecule has 0 aliphatic carbocycles. The van der Waals surface area contributed by atoms with Gasteiger partial charge in [-0.2, -0.15) is 0 Å². The summed E-state index contributed by atoms with van der Waals surface area (Å²) in [6.07, 6.45) is 1.16. The number of rotatable bonds is 6. The Labute approximate surface area is 194 Å². The monoisotopic (exact) mass is 452 g/mol. The first kappa shape index (κ1) is 24.1. The Balaban J connectivity index is 1.55. The van der Waals surface area contributed by atoms with Gasteiger partial charge in [0.15, 0.2) is 0 Å². The molecule has 33 heavy (non-hydrogen) atoms. The summed E-state index contributed by atoms with van der Waals surface area (Å²) in [6.45, 7) is 6.52. The van der Waals surface area contributed by atoms with Gasteiger partial charge in [0.25, 0.3) is 0 Å². The second kappa shape index (κ2) is 10.8. The number of hydrogen-bond acceptors (Lipinski definition) is 4. The van der Waals surface area contributed by atoms with Crippen molar-refractivity contribution in [3.05, 3.63) is 48.0 Å². The summed E-state index contributed by atoms with van der Waals surface area (Å²) >= 11 is 0. The molecule has 1 fully saturated rings. The number of nitrogens with zero attached hydrogens (tertiary/aromatic N) is 1. The van der Waals surface area contributed by atoms with Crippen molar-refractivity contribution < 1.29 is 19.1 Å². The second-order valence-electron chi connectivity index (χ2n) is 8.55. The lowest BCUT2D eigenvalue weighted by Gasteiger charge is -2.31. The lowest BCUT2D eigenvalue weighted by molar-refractivity contribution is -0.121. The molecule has 176 valence electrons. The van der Waals surface area contributed by atoms with E-state index < -0.39 is 0 Å². The lowest BCUT2D eigenvalue weighted by atomic mass is 9.96. The normalized spacial score (nSPS) is 14.0. The number of piperidine rings is 1. The molecule has 3 rings (SSSR count). The lowest BCUT2D eigenvalue weighted by Crippen LogP contribution is -2.43. The molecule has 1 aliphatic heterocycles. The number of para-hydroxylation sites is 2. The van der Waals surface area contributed by atoms with Crippen LogP contribution in [-0.2, 0) is 9.59 Å². The molecule has 8 heteroatoms. The van der Waals surface area contributed by atoms with E-state index in [0.29, 0.717) is 48.7 Å². The van der Waals surface area contributed by atoms with Crippen molar-refractivity contribution in [1.82, 2.24) is 4.90 Å². The highest BCUT2D eigenvalue weighted by molar-refractivity contribution is 5.96. The van der Waals surface area contributed by atoms with E-state index in [9.17, 15) is 14.4 Å². The van der Waals surface area contributed by atoms with Crippen LogP contribution < -0.4 is 20.7 Å². The second-order valence-corrected chi connectivity index (χ2v) is 8.55. The van der Waals surface area contributed by atoms with Gasteiger partial charge in [-0.1, -0.05) is 32.0 Å². The molecule has 8 nitrogen and oxygen atoms in total. The number of carbonyl (C=O) groups is 3. The maximum atomic E-state index is 12.8. The van der Waals surface area contributed by atoms with Gasteiger partial charge in [-0.3, -0.25) is 9.59 Å². The molecule has 0 spiro atoms. The molecule has 0 aromatic heterocycles. The minimum atomic E-state index is -0.214. The first-order valence-corrected chi connectivity index (χ1v) is 11.2. The molecule has 0 bridgehead atoms. The summed E-state index contributed by atoms with van der Waals surface area (Å²) < 4.78 is 5.29. The summed E-state index contributed by atoms with van der Waals surface area (Å²) in [7, 11) is 1.57. The molecular formula is C25H32N4O4. The summed E-state index contributed by atoms with van der Waals surface area (Å²) in [5.41, 5.74) is 2.83. The van der Waals surface area contributed by atoms with Crippen LogP contribution in [0.5, 0.6) is 5.75 Å². The summed E-state index contributed by atoms with van der Waals surface area (Å²) in [5, 5.41) is 8.73. The zero-order chi connectivity index (χ0) is 24.0. The standard InChI is InChI=1S/C25H32N4O4/c1-16(2)23(30)26-19-10-9-17(3)21(15-19)28-25(32)29-13-11-18(12-14-29)24(31)27-20-7-5-6-8-22(20)33-4/h5-10,15-16,18H,11-14H2,1-4H3,(H,26,30)(H,27,31)(H,28,32). The Bertz CT molecular complexity index is 1010. The number of likely N-dealkylation sites (tertiary alicyclic amines) is 1. The molecule has 0 saturated carbocycles. The SMILES string of the molecule is COc1ccccc1NC(=O)C1CCN(C(=O)Nc2cc(NC(=O)C(C)C)ccc2C)CC1. The predicted molar refractivity (Wildman–Crippen MR) is 130 cm³/mol. The number of benzene rings is 2. The van der Waals surface area contributed by atoms with Crippen molar-refractivity contribution in [3.63, 3.8) is 0 Å². The van der Waals surface area contributed by atoms with Crippen LogP contribution in [0.4, 0.5) is 21.9 Å². The highest BCUT2D eigenvalue weighted by Gasteiger charge is 2.28. The van der Waals surface area contributed by atoms with Gasteiger partial charge in [0.05, 0.1) is 12.8 Å². The molecule has 1 saturated heterocycles. The van der Waals surface area contributed by atoms with Gasteiger partial charge in [-0.15, -0.1) is 0 Å². The first-order valence-electron chi connectivity index (χ1n) is 11.2. The fourth-order valence-corrected chi connectivity index (χ4v) is 3.64. The number of aryl methyl sites for hydroxylation is 1. The van der Waals surface area contributed by atoms with Crippen molar-refractivity contribution in [2.45, 2.75) is 33.6 Å². The van der Waals surface area contributed by atoms with E-state index in [2.05, 4.69) is 16.0 Å². The third-order valence-corrected chi connectivity index (χ3v) is 5.79. The number of nitrogens with one attached hydrogen (secondary N) is 3. The molecule has 0 unspecified atom stereocenters. The Hall–Kier alpha value is -3.55. The molecule has 4 amide bonds. The number of amides is 4. The van der Waals surface area contributed by atoms with Crippen molar-refractivity contribution in [2.24, 2.45) is 11.8 Å². The Kier molecular flexibility index (Phi) is 7.92. The third-order valence-electron chi connectivity index (χ3n) is 5.79. The van der Waals surface area contributed by atoms with E-state index in [1.54, 1.807) is 30.2 Å². The summed E-state index contributed by atoms with van der Waals surface area (Å²) in [4.78, 5) is 39.2. The van der Waals surface area contributed by atoms with Gasteiger partial charge in [0.2, 0.25) is 11.8 Å². The van der Waals surface area contributed by atoms with E-state index >= 15 is 0 Å². The summed E-state index contributed by atoms with van der Waals surface area (Å²) in [5.74, 6) is 0.166. The Morgan fingerprint density at radius 2 is 1.67 bits per heavy atom. The number of carbonyl (C=O) groups excluding carboxylic acids is 3. The third kappa shape index (κ3) is 6.25. The number of hydrogen-bond donors (Lipinski definition) is 3. The number of anilines is 3. The quantitative estimate of drug-likeness (QED) is 0.602. The van der Waals surface area contributed by atoms with Gasteiger partial charge in [-0.25, -0.2) is 4.79 Å². The van der Waals surface area contributed by atoms with E-state index in [0.717, 1.165) is 5.56 Å². The van der Waals surface area contributed by atoms with Gasteiger partial charge in [0.1, 0.15) is 5.75 Å². The average Bonchev–Trinajstić information content (AvgIpc) is 2.81. The molecule has 0 atom stereocenters. The van der Waals surface area contributed by atoms with Crippen molar-refractivity contribution >= 4 is 34.9 Å². The molecule has 2 aromatic rings. The maximum Gasteiger partial charge on any atom is 0.321 e. The Morgan fingerprint density at radius 1 is 0.970 bits per heavy atom. The Morgan fingerprint density at radius 3 is 2.33 bits per heavy atom. The minimum absolute atomic E-state index is 0.0657. The number of urea groups is 1. The van der Waals surface area contributed by atoms with Crippen molar-refractivity contribution in [3.8, 4) is 5.75 Å². The summed E-state index contributed by atoms with van der Waals surface area (Å²) in [6, 6.07) is 12.5. The highest BCUT2D eigenvalue weighted by Crippen LogP contribution is 2.26. The van der Waals surface area contributed by atoms with Crippen LogP contribution in [0.25, 0.3) is 0 Å². The van der Waals surface area contributed by atoms with Gasteiger partial charge < -0.3 is 25.6 Å². The van der Waals surface area contributed by atoms with E-state index in [-0.39, 0.29) is 29.7 Å². The van der Waals surface area contributed by atoms with Crippen LogP contribution in [0.1, 0.15) is 32.3 Å². The average molecular weight is 453 g/mol. The largest absolute Gasteiger partial charge is 0.495 e. The molecule has 2 aromatic carbocycles. The number of ether oxygens (including phenoxy) is 1. The predicted octanol–water partition coefficient (Wildman–Crippen LogP) is 4.48. The van der Waals surface area contributed by atoms with Crippen LogP contribution in [0.2, 0.25) is 0 Å². The van der Waals surface area contributed by atoms with Crippen LogP contribution >= 0.6 is 0 Å². The molecule has 1 aliphatic rings. The fourth-order valence-electron chi connectivity index (χ4n) is 3.64. The van der Waals surface area contributed by atoms with Gasteiger partial charge >= 0.3 is 6.03 Å². The van der Waals surface area contributed by atoms with E-state index in [1.807, 2.05) is 45.0 Å². The topological polar surface area (TPSA) is 99.8 Å². The molecule has 0 radical (unpaired) electrons. The van der Waals surface area contributed by atoms with Crippen LogP contribution in [0.15, 0.2) is 42.5 Å². The van der Waals surface area contributed by atoms with Gasteiger partial charge in [0, 0.05) is 36.3 Å². The number of methoxy groups -OCH3 is 1. The van der Waals surface area contributed by atoms with Crippen molar-refractivity contribution in [1.29, 1.82) is 0 Å². The zero-order valence-corrected chi connectivity index (χ0v) is 19.6. The molecule has 1 heterocycles. The molecule has 3 N–H and O–H groups in total. The zero-order valence-electron chi connectivity index (χ0n) is 19.6. The first-order chi connectivity index (χ1) is 15.8. The van der Waals surface area contributed by atoms with Crippen molar-refractivity contribution in [2.75, 3.05) is 36.1 Å².